The van der Waals surface area contributed by atoms with E-state index >= 15 is 0 Å². The van der Waals surface area contributed by atoms with Gasteiger partial charge in [-0.25, -0.2) is 14.2 Å². The molecule has 7 nitrogen and oxygen atoms in total. The molecule has 1 atom stereocenters. The molecule has 0 spiro atoms. The number of amides is 3. The normalized spacial score (nSPS) is 19.2. The molecule has 0 unspecified atom stereocenters. The Morgan fingerprint density at radius 2 is 1.97 bits per heavy atom. The molecule has 0 radical (unpaired) electrons. The summed E-state index contributed by atoms with van der Waals surface area (Å²) in [6.07, 6.45) is 3.56. The van der Waals surface area contributed by atoms with E-state index in [1.165, 1.54) is 46.1 Å². The van der Waals surface area contributed by atoms with Gasteiger partial charge in [0, 0.05) is 17.6 Å². The molecule has 3 amide bonds. The summed E-state index contributed by atoms with van der Waals surface area (Å²) in [5.74, 6) is -0.835. The summed E-state index contributed by atoms with van der Waals surface area (Å²) in [7, 11) is 0. The number of imide groups is 1. The third-order valence-electron chi connectivity index (χ3n) is 5.09. The lowest BCUT2D eigenvalue weighted by molar-refractivity contribution is -0.132. The Labute approximate surface area is 169 Å². The number of carbonyl (C=O) groups is 2. The molecule has 1 aliphatic rings. The number of halogens is 1. The van der Waals surface area contributed by atoms with Crippen molar-refractivity contribution in [1.29, 1.82) is 0 Å². The molecule has 0 bridgehead atoms. The lowest BCUT2D eigenvalue weighted by atomic mass is 9.84. The number of hydrogen-bond donors (Lipinski definition) is 1. The molecular weight excluding hydrogens is 395 g/mol. The van der Waals surface area contributed by atoms with E-state index in [0.29, 0.717) is 29.1 Å². The van der Waals surface area contributed by atoms with Crippen molar-refractivity contribution < 1.29 is 14.0 Å². The Balaban J connectivity index is 1.69. The molecule has 150 valence electrons. The zero-order valence-electron chi connectivity index (χ0n) is 15.7. The second kappa shape index (κ2) is 7.40. The number of rotatable bonds is 6. The first-order valence-corrected chi connectivity index (χ1v) is 10.2. The van der Waals surface area contributed by atoms with E-state index in [2.05, 4.69) is 10.3 Å². The number of urea groups is 1. The zero-order valence-corrected chi connectivity index (χ0v) is 16.5. The van der Waals surface area contributed by atoms with Crippen molar-refractivity contribution in [1.82, 2.24) is 19.6 Å². The lowest BCUT2D eigenvalue weighted by Crippen LogP contribution is -2.44. The Morgan fingerprint density at radius 3 is 2.69 bits per heavy atom. The predicted molar refractivity (Wildman–Crippen MR) is 106 cm³/mol. The molecule has 2 aromatic heterocycles. The minimum absolute atomic E-state index is 0.108. The standard InChI is InChI=1S/C20H19FN4O3S/c1-2-3-8-20(13-4-6-14(21)7-5-13)17(27)25(18(28)23-20)12-15-11-16(26)24-9-10-29-19(24)22-15/h4-7,9-11H,2-3,8,12H2,1H3,(H,23,28)/t20-/m0/s1. The van der Waals surface area contributed by atoms with Crippen molar-refractivity contribution in [3.8, 4) is 0 Å². The molecule has 9 heteroatoms. The van der Waals surface area contributed by atoms with Gasteiger partial charge in [0.15, 0.2) is 4.96 Å². The first-order chi connectivity index (χ1) is 13.9. The Hall–Kier alpha value is -3.07. The summed E-state index contributed by atoms with van der Waals surface area (Å²) >= 11 is 1.30. The fourth-order valence-electron chi connectivity index (χ4n) is 3.59. The average molecular weight is 414 g/mol. The van der Waals surface area contributed by atoms with Crippen LogP contribution in [0, 0.1) is 5.82 Å². The number of thiazole rings is 1. The van der Waals surface area contributed by atoms with E-state index in [1.54, 1.807) is 11.6 Å². The van der Waals surface area contributed by atoms with Crippen LogP contribution in [-0.4, -0.2) is 26.2 Å². The van der Waals surface area contributed by atoms with Gasteiger partial charge in [-0.05, 0) is 24.1 Å². The second-order valence-corrected chi connectivity index (χ2v) is 7.85. The van der Waals surface area contributed by atoms with Crippen LogP contribution < -0.4 is 10.9 Å². The van der Waals surface area contributed by atoms with Crippen LogP contribution in [0.25, 0.3) is 4.96 Å². The molecule has 1 aliphatic heterocycles. The van der Waals surface area contributed by atoms with Crippen molar-refractivity contribution in [3.05, 3.63) is 69.3 Å². The van der Waals surface area contributed by atoms with Crippen LogP contribution in [0.5, 0.6) is 0 Å². The Morgan fingerprint density at radius 1 is 1.21 bits per heavy atom. The van der Waals surface area contributed by atoms with Crippen LogP contribution >= 0.6 is 11.3 Å². The molecule has 1 fully saturated rings. The molecule has 1 N–H and O–H groups in total. The molecule has 0 saturated carbocycles. The van der Waals surface area contributed by atoms with Gasteiger partial charge in [-0.3, -0.25) is 18.9 Å². The summed E-state index contributed by atoms with van der Waals surface area (Å²) in [5.41, 5.74) is -0.640. The number of unbranched alkanes of at least 4 members (excludes halogenated alkanes) is 1. The minimum Gasteiger partial charge on any atom is -0.319 e. The number of fused-ring (bicyclic) bond motifs is 1. The van der Waals surface area contributed by atoms with E-state index in [4.69, 9.17) is 0 Å². The summed E-state index contributed by atoms with van der Waals surface area (Å²) in [6, 6.07) is 6.37. The van der Waals surface area contributed by atoms with Crippen molar-refractivity contribution in [2.75, 3.05) is 0 Å². The van der Waals surface area contributed by atoms with Gasteiger partial charge in [0.2, 0.25) is 0 Å². The number of carbonyl (C=O) groups excluding carboxylic acids is 2. The third-order valence-corrected chi connectivity index (χ3v) is 5.85. The maximum absolute atomic E-state index is 13.4. The van der Waals surface area contributed by atoms with Gasteiger partial charge in [-0.1, -0.05) is 31.9 Å². The highest BCUT2D eigenvalue weighted by atomic mass is 32.1. The van der Waals surface area contributed by atoms with Crippen LogP contribution in [0.4, 0.5) is 9.18 Å². The maximum Gasteiger partial charge on any atom is 0.325 e. The number of nitrogens with one attached hydrogen (secondary N) is 1. The van der Waals surface area contributed by atoms with E-state index in [1.807, 2.05) is 6.92 Å². The van der Waals surface area contributed by atoms with Crippen molar-refractivity contribution in [3.63, 3.8) is 0 Å². The van der Waals surface area contributed by atoms with Crippen molar-refractivity contribution >= 4 is 28.2 Å². The van der Waals surface area contributed by atoms with Crippen LogP contribution in [0.3, 0.4) is 0 Å². The minimum atomic E-state index is -1.25. The van der Waals surface area contributed by atoms with E-state index in [0.717, 1.165) is 11.3 Å². The van der Waals surface area contributed by atoms with Gasteiger partial charge in [0.05, 0.1) is 12.2 Å². The molecular formula is C20H19FN4O3S. The van der Waals surface area contributed by atoms with Gasteiger partial charge in [0.1, 0.15) is 11.4 Å². The molecule has 1 saturated heterocycles. The molecule has 3 heterocycles. The predicted octanol–water partition coefficient (Wildman–Crippen LogP) is 3.03. The lowest BCUT2D eigenvalue weighted by Gasteiger charge is -2.27. The fourth-order valence-corrected chi connectivity index (χ4v) is 4.32. The molecule has 29 heavy (non-hydrogen) atoms. The smallest absolute Gasteiger partial charge is 0.319 e. The van der Waals surface area contributed by atoms with Gasteiger partial charge in [-0.15, -0.1) is 11.3 Å². The van der Waals surface area contributed by atoms with Crippen molar-refractivity contribution in [2.45, 2.75) is 38.3 Å². The van der Waals surface area contributed by atoms with E-state index in [-0.39, 0.29) is 12.1 Å². The highest BCUT2D eigenvalue weighted by molar-refractivity contribution is 7.15. The van der Waals surface area contributed by atoms with Crippen LogP contribution in [-0.2, 0) is 16.9 Å². The molecule has 1 aromatic carbocycles. The summed E-state index contributed by atoms with van der Waals surface area (Å²) < 4.78 is 14.8. The van der Waals surface area contributed by atoms with Crippen LogP contribution in [0.2, 0.25) is 0 Å². The largest absolute Gasteiger partial charge is 0.325 e. The van der Waals surface area contributed by atoms with E-state index in [9.17, 15) is 18.8 Å². The highest BCUT2D eigenvalue weighted by Crippen LogP contribution is 2.35. The summed E-state index contributed by atoms with van der Waals surface area (Å²) in [4.78, 5) is 44.3. The van der Waals surface area contributed by atoms with Crippen LogP contribution in [0.15, 0.2) is 46.7 Å². The maximum atomic E-state index is 13.4. The van der Waals surface area contributed by atoms with Gasteiger partial charge in [0.25, 0.3) is 11.5 Å². The first kappa shape index (κ1) is 19.3. The molecule has 3 aromatic rings. The van der Waals surface area contributed by atoms with E-state index < -0.39 is 23.3 Å². The summed E-state index contributed by atoms with van der Waals surface area (Å²) in [5, 5.41) is 4.55. The number of aromatic nitrogens is 2. The van der Waals surface area contributed by atoms with Gasteiger partial charge in [-0.2, -0.15) is 0 Å². The number of hydrogen-bond acceptors (Lipinski definition) is 5. The topological polar surface area (TPSA) is 83.8 Å². The van der Waals surface area contributed by atoms with Gasteiger partial charge >= 0.3 is 6.03 Å². The van der Waals surface area contributed by atoms with Crippen LogP contribution in [0.1, 0.15) is 37.4 Å². The number of benzene rings is 1. The zero-order chi connectivity index (χ0) is 20.6. The monoisotopic (exact) mass is 414 g/mol. The van der Waals surface area contributed by atoms with Crippen molar-refractivity contribution in [2.24, 2.45) is 0 Å². The molecule has 4 rings (SSSR count). The fraction of sp³-hybridized carbons (Fsp3) is 0.300. The summed E-state index contributed by atoms with van der Waals surface area (Å²) in [6.45, 7) is 1.88. The SMILES string of the molecule is CCCC[C@@]1(c2ccc(F)cc2)NC(=O)N(Cc2cc(=O)n3ccsc3n2)C1=O. The second-order valence-electron chi connectivity index (χ2n) is 6.98. The van der Waals surface area contributed by atoms with Gasteiger partial charge < -0.3 is 5.32 Å². The quantitative estimate of drug-likeness (QED) is 0.629. The Bertz CT molecular complexity index is 1140. The average Bonchev–Trinajstić information content (AvgIpc) is 3.26. The third kappa shape index (κ3) is 3.31. The highest BCUT2D eigenvalue weighted by Gasteiger charge is 2.51. The molecule has 0 aliphatic carbocycles. The first-order valence-electron chi connectivity index (χ1n) is 9.30. The Kier molecular flexibility index (Phi) is 4.91. The number of nitrogens with zero attached hydrogens (tertiary/aromatic N) is 3.